The fraction of sp³-hybridized carbons (Fsp3) is 0.438. The summed E-state index contributed by atoms with van der Waals surface area (Å²) in [7, 11) is 0. The van der Waals surface area contributed by atoms with Crippen molar-refractivity contribution in [1.82, 2.24) is 15.2 Å². The van der Waals surface area contributed by atoms with Crippen LogP contribution < -0.4 is 15.5 Å². The third-order valence-corrected chi connectivity index (χ3v) is 4.18. The molecule has 0 atom stereocenters. The SMILES string of the molecule is CC1(C)NC(=O)N(CCCC(=O)N2CC(=O)Nc3cnccc32)C1=O. The summed E-state index contributed by atoms with van der Waals surface area (Å²) in [6.07, 6.45) is 3.48. The lowest BCUT2D eigenvalue weighted by Gasteiger charge is -2.29. The van der Waals surface area contributed by atoms with Gasteiger partial charge in [-0.3, -0.25) is 24.3 Å². The van der Waals surface area contributed by atoms with E-state index in [1.165, 1.54) is 11.1 Å². The first-order chi connectivity index (χ1) is 11.8. The first-order valence-corrected chi connectivity index (χ1v) is 7.98. The van der Waals surface area contributed by atoms with Crippen molar-refractivity contribution in [2.75, 3.05) is 23.3 Å². The molecule has 5 amide bonds. The largest absolute Gasteiger partial charge is 0.325 e. The van der Waals surface area contributed by atoms with Gasteiger partial charge in [0.2, 0.25) is 11.8 Å². The quantitative estimate of drug-likeness (QED) is 0.771. The van der Waals surface area contributed by atoms with E-state index in [4.69, 9.17) is 0 Å². The van der Waals surface area contributed by atoms with Crippen LogP contribution in [0.15, 0.2) is 18.5 Å². The van der Waals surface area contributed by atoms with Crippen molar-refractivity contribution >= 4 is 35.1 Å². The van der Waals surface area contributed by atoms with E-state index in [0.29, 0.717) is 17.8 Å². The number of pyridine rings is 1. The van der Waals surface area contributed by atoms with Gasteiger partial charge in [0.25, 0.3) is 5.91 Å². The van der Waals surface area contributed by atoms with E-state index in [2.05, 4.69) is 15.6 Å². The summed E-state index contributed by atoms with van der Waals surface area (Å²) in [5.74, 6) is -0.836. The zero-order chi connectivity index (χ0) is 18.2. The maximum atomic E-state index is 12.5. The van der Waals surface area contributed by atoms with Gasteiger partial charge in [-0.25, -0.2) is 4.79 Å². The number of imide groups is 1. The minimum absolute atomic E-state index is 0.0635. The Morgan fingerprint density at radius 1 is 1.32 bits per heavy atom. The van der Waals surface area contributed by atoms with Gasteiger partial charge in [0.05, 0.1) is 17.6 Å². The molecule has 1 aromatic rings. The average Bonchev–Trinajstić information content (AvgIpc) is 2.75. The van der Waals surface area contributed by atoms with E-state index in [1.807, 2.05) is 0 Å². The summed E-state index contributed by atoms with van der Waals surface area (Å²) in [4.78, 5) is 54.6. The number of fused-ring (bicyclic) bond motifs is 1. The lowest BCUT2D eigenvalue weighted by atomic mass is 10.1. The first kappa shape index (κ1) is 16.9. The maximum Gasteiger partial charge on any atom is 0.325 e. The first-order valence-electron chi connectivity index (χ1n) is 7.98. The monoisotopic (exact) mass is 345 g/mol. The molecule has 0 aliphatic carbocycles. The Hall–Kier alpha value is -2.97. The Kier molecular flexibility index (Phi) is 4.15. The highest BCUT2D eigenvalue weighted by molar-refractivity contribution is 6.10. The van der Waals surface area contributed by atoms with Crippen LogP contribution >= 0.6 is 0 Å². The standard InChI is InChI=1S/C16H19N5O4/c1-16(2)14(24)20(15(25)19-16)7-3-4-13(23)21-9-12(22)18-10-8-17-6-5-11(10)21/h5-6,8H,3-4,7,9H2,1-2H3,(H,18,22)(H,19,25). The van der Waals surface area contributed by atoms with Gasteiger partial charge in [0.1, 0.15) is 12.1 Å². The Bertz CT molecular complexity index is 761. The molecule has 9 nitrogen and oxygen atoms in total. The summed E-state index contributed by atoms with van der Waals surface area (Å²) < 4.78 is 0. The van der Waals surface area contributed by atoms with E-state index in [0.717, 1.165) is 4.90 Å². The highest BCUT2D eigenvalue weighted by Crippen LogP contribution is 2.28. The van der Waals surface area contributed by atoms with Crippen molar-refractivity contribution in [2.24, 2.45) is 0 Å². The van der Waals surface area contributed by atoms with Crippen molar-refractivity contribution in [1.29, 1.82) is 0 Å². The molecule has 0 spiro atoms. The second-order valence-electron chi connectivity index (χ2n) is 6.54. The van der Waals surface area contributed by atoms with Crippen LogP contribution in [0, 0.1) is 0 Å². The summed E-state index contributed by atoms with van der Waals surface area (Å²) >= 11 is 0. The van der Waals surface area contributed by atoms with Crippen molar-refractivity contribution in [3.63, 3.8) is 0 Å². The number of carbonyl (C=O) groups is 4. The third kappa shape index (κ3) is 3.17. The molecule has 1 aromatic heterocycles. The van der Waals surface area contributed by atoms with Crippen LogP contribution in [0.4, 0.5) is 16.2 Å². The number of aromatic nitrogens is 1. The molecule has 0 aromatic carbocycles. The Morgan fingerprint density at radius 2 is 2.08 bits per heavy atom. The number of hydrogen-bond donors (Lipinski definition) is 2. The molecule has 0 unspecified atom stereocenters. The van der Waals surface area contributed by atoms with Crippen molar-refractivity contribution in [2.45, 2.75) is 32.2 Å². The fourth-order valence-corrected chi connectivity index (χ4v) is 2.90. The van der Waals surface area contributed by atoms with Gasteiger partial charge in [-0.2, -0.15) is 0 Å². The topological polar surface area (TPSA) is 112 Å². The number of nitrogens with zero attached hydrogens (tertiary/aromatic N) is 3. The number of amides is 5. The summed E-state index contributed by atoms with van der Waals surface area (Å²) in [5.41, 5.74) is 0.163. The molecule has 0 bridgehead atoms. The van der Waals surface area contributed by atoms with Gasteiger partial charge in [0, 0.05) is 19.2 Å². The van der Waals surface area contributed by atoms with Gasteiger partial charge in [-0.05, 0) is 26.3 Å². The molecule has 9 heteroatoms. The highest BCUT2D eigenvalue weighted by Gasteiger charge is 2.43. The van der Waals surface area contributed by atoms with Crippen molar-refractivity contribution < 1.29 is 19.2 Å². The number of anilines is 2. The van der Waals surface area contributed by atoms with Crippen LogP contribution in [0.2, 0.25) is 0 Å². The predicted octanol–water partition coefficient (Wildman–Crippen LogP) is 0.477. The molecule has 2 N–H and O–H groups in total. The average molecular weight is 345 g/mol. The van der Waals surface area contributed by atoms with Crippen LogP contribution in [0.25, 0.3) is 0 Å². The Morgan fingerprint density at radius 3 is 2.76 bits per heavy atom. The minimum atomic E-state index is -0.919. The van der Waals surface area contributed by atoms with E-state index in [-0.39, 0.29) is 37.2 Å². The molecule has 1 saturated heterocycles. The van der Waals surface area contributed by atoms with Crippen LogP contribution in [-0.4, -0.2) is 52.3 Å². The van der Waals surface area contributed by atoms with E-state index < -0.39 is 11.6 Å². The van der Waals surface area contributed by atoms with E-state index >= 15 is 0 Å². The van der Waals surface area contributed by atoms with E-state index in [1.54, 1.807) is 26.1 Å². The molecule has 2 aliphatic heterocycles. The zero-order valence-electron chi connectivity index (χ0n) is 14.0. The molecule has 3 heterocycles. The fourth-order valence-electron chi connectivity index (χ4n) is 2.90. The lowest BCUT2D eigenvalue weighted by molar-refractivity contribution is -0.130. The summed E-state index contributed by atoms with van der Waals surface area (Å²) in [6, 6.07) is 1.21. The Labute approximate surface area is 144 Å². The maximum absolute atomic E-state index is 12.5. The number of nitrogens with one attached hydrogen (secondary N) is 2. The van der Waals surface area contributed by atoms with Gasteiger partial charge in [-0.15, -0.1) is 0 Å². The van der Waals surface area contributed by atoms with Gasteiger partial charge < -0.3 is 15.5 Å². The van der Waals surface area contributed by atoms with Crippen LogP contribution in [-0.2, 0) is 14.4 Å². The molecular formula is C16H19N5O4. The number of rotatable bonds is 4. The third-order valence-electron chi connectivity index (χ3n) is 4.18. The smallest absolute Gasteiger partial charge is 0.324 e. The molecule has 25 heavy (non-hydrogen) atoms. The molecule has 1 fully saturated rings. The van der Waals surface area contributed by atoms with Crippen LogP contribution in [0.5, 0.6) is 0 Å². The molecule has 0 radical (unpaired) electrons. The second kappa shape index (κ2) is 6.15. The van der Waals surface area contributed by atoms with Crippen molar-refractivity contribution in [3.8, 4) is 0 Å². The lowest BCUT2D eigenvalue weighted by Crippen LogP contribution is -2.42. The predicted molar refractivity (Wildman–Crippen MR) is 88.8 cm³/mol. The molecule has 0 saturated carbocycles. The normalized spacial score (nSPS) is 18.7. The molecular weight excluding hydrogens is 326 g/mol. The highest BCUT2D eigenvalue weighted by atomic mass is 16.2. The van der Waals surface area contributed by atoms with Crippen molar-refractivity contribution in [3.05, 3.63) is 18.5 Å². The molecule has 132 valence electrons. The second-order valence-corrected chi connectivity index (χ2v) is 6.54. The number of hydrogen-bond acceptors (Lipinski definition) is 5. The Balaban J connectivity index is 1.61. The number of urea groups is 1. The van der Waals surface area contributed by atoms with E-state index in [9.17, 15) is 19.2 Å². The van der Waals surface area contributed by atoms with Crippen LogP contribution in [0.1, 0.15) is 26.7 Å². The summed E-state index contributed by atoms with van der Waals surface area (Å²) in [6.45, 7) is 3.36. The molecule has 2 aliphatic rings. The minimum Gasteiger partial charge on any atom is -0.324 e. The van der Waals surface area contributed by atoms with Gasteiger partial charge >= 0.3 is 6.03 Å². The van der Waals surface area contributed by atoms with Gasteiger partial charge in [0.15, 0.2) is 0 Å². The van der Waals surface area contributed by atoms with Crippen LogP contribution in [0.3, 0.4) is 0 Å². The molecule has 3 rings (SSSR count). The number of carbonyl (C=O) groups excluding carboxylic acids is 4. The zero-order valence-corrected chi connectivity index (χ0v) is 14.0. The van der Waals surface area contributed by atoms with Gasteiger partial charge in [-0.1, -0.05) is 0 Å². The summed E-state index contributed by atoms with van der Waals surface area (Å²) in [5, 5.41) is 5.26.